The van der Waals surface area contributed by atoms with Crippen molar-refractivity contribution in [2.45, 2.75) is 56.6 Å². The Morgan fingerprint density at radius 3 is 2.57 bits per heavy atom. The van der Waals surface area contributed by atoms with Gasteiger partial charge >= 0.3 is 0 Å². The number of nitrogens with one attached hydrogen (secondary N) is 1. The van der Waals surface area contributed by atoms with Crippen LogP contribution in [0.2, 0.25) is 0 Å². The van der Waals surface area contributed by atoms with Crippen LogP contribution in [0.5, 0.6) is 0 Å². The molecule has 0 radical (unpaired) electrons. The number of hydrogen-bond donors (Lipinski definition) is 1. The predicted molar refractivity (Wildman–Crippen MR) is 74.7 cm³/mol. The molecule has 1 atom stereocenters. The summed E-state index contributed by atoms with van der Waals surface area (Å²) in [5.74, 6) is -3.72. The zero-order chi connectivity index (χ0) is 14.9. The SMILES string of the molecule is Fc1ccc(NC2CCOC3(CCCCC3)C2)c(F)c1F. The molecule has 3 rings (SSSR count). The van der Waals surface area contributed by atoms with Gasteiger partial charge in [-0.25, -0.2) is 13.2 Å². The highest BCUT2D eigenvalue weighted by atomic mass is 19.2. The molecule has 1 saturated heterocycles. The van der Waals surface area contributed by atoms with Gasteiger partial charge in [-0.2, -0.15) is 0 Å². The normalized spacial score (nSPS) is 25.0. The minimum absolute atomic E-state index is 0.0340. The van der Waals surface area contributed by atoms with Crippen LogP contribution < -0.4 is 5.32 Å². The third-order valence-electron chi connectivity index (χ3n) is 4.65. The van der Waals surface area contributed by atoms with E-state index in [4.69, 9.17) is 4.74 Å². The molecule has 2 aliphatic rings. The van der Waals surface area contributed by atoms with Crippen molar-refractivity contribution in [3.05, 3.63) is 29.6 Å². The van der Waals surface area contributed by atoms with E-state index in [2.05, 4.69) is 5.32 Å². The fourth-order valence-corrected chi connectivity index (χ4v) is 3.55. The summed E-state index contributed by atoms with van der Waals surface area (Å²) in [5.41, 5.74) is -0.0739. The fraction of sp³-hybridized carbons (Fsp3) is 0.625. The molecule has 2 nitrogen and oxygen atoms in total. The van der Waals surface area contributed by atoms with Crippen LogP contribution in [0.15, 0.2) is 12.1 Å². The van der Waals surface area contributed by atoms with Crippen molar-refractivity contribution in [3.63, 3.8) is 0 Å². The Bertz CT molecular complexity index is 509. The summed E-state index contributed by atoms with van der Waals surface area (Å²) in [6, 6.07) is 2.25. The highest BCUT2D eigenvalue weighted by Gasteiger charge is 2.38. The molecule has 0 amide bonds. The third-order valence-corrected chi connectivity index (χ3v) is 4.65. The minimum atomic E-state index is -1.42. The summed E-state index contributed by atoms with van der Waals surface area (Å²) in [6.07, 6.45) is 7.17. The molecule has 1 heterocycles. The largest absolute Gasteiger partial charge is 0.380 e. The van der Waals surface area contributed by atoms with Gasteiger partial charge in [-0.3, -0.25) is 0 Å². The molecule has 1 aromatic rings. The zero-order valence-electron chi connectivity index (χ0n) is 11.9. The summed E-state index contributed by atoms with van der Waals surface area (Å²) in [6.45, 7) is 0.628. The summed E-state index contributed by atoms with van der Waals surface area (Å²) < 4.78 is 46.0. The van der Waals surface area contributed by atoms with Crippen molar-refractivity contribution in [1.29, 1.82) is 0 Å². The average molecular weight is 299 g/mol. The van der Waals surface area contributed by atoms with E-state index in [1.165, 1.54) is 12.5 Å². The number of benzene rings is 1. The van der Waals surface area contributed by atoms with Gasteiger partial charge in [-0.05, 0) is 37.8 Å². The molecular formula is C16H20F3NO. The van der Waals surface area contributed by atoms with Crippen LogP contribution in [0.3, 0.4) is 0 Å². The first-order chi connectivity index (χ1) is 10.1. The summed E-state index contributed by atoms with van der Waals surface area (Å²) >= 11 is 0. The molecule has 1 aromatic carbocycles. The van der Waals surface area contributed by atoms with E-state index in [-0.39, 0.29) is 17.3 Å². The lowest BCUT2D eigenvalue weighted by molar-refractivity contribution is -0.103. The molecule has 116 valence electrons. The van der Waals surface area contributed by atoms with Crippen LogP contribution in [0.4, 0.5) is 18.9 Å². The smallest absolute Gasteiger partial charge is 0.196 e. The molecular weight excluding hydrogens is 279 g/mol. The van der Waals surface area contributed by atoms with Crippen molar-refractivity contribution in [2.75, 3.05) is 11.9 Å². The van der Waals surface area contributed by atoms with E-state index in [0.717, 1.165) is 44.6 Å². The Morgan fingerprint density at radius 1 is 1.05 bits per heavy atom. The number of ether oxygens (including phenoxy) is 1. The van der Waals surface area contributed by atoms with Gasteiger partial charge in [-0.1, -0.05) is 19.3 Å². The Morgan fingerprint density at radius 2 is 1.81 bits per heavy atom. The van der Waals surface area contributed by atoms with Gasteiger partial charge in [0.05, 0.1) is 11.3 Å². The van der Waals surface area contributed by atoms with Gasteiger partial charge in [0.1, 0.15) is 0 Å². The van der Waals surface area contributed by atoms with Gasteiger partial charge in [-0.15, -0.1) is 0 Å². The maximum atomic E-state index is 13.7. The van der Waals surface area contributed by atoms with E-state index < -0.39 is 17.5 Å². The number of halogens is 3. The first-order valence-electron chi connectivity index (χ1n) is 7.64. The molecule has 21 heavy (non-hydrogen) atoms. The van der Waals surface area contributed by atoms with Crippen molar-refractivity contribution < 1.29 is 17.9 Å². The molecule has 1 aliphatic carbocycles. The molecule has 1 N–H and O–H groups in total. The van der Waals surface area contributed by atoms with Crippen LogP contribution in [0.1, 0.15) is 44.9 Å². The molecule has 1 unspecified atom stereocenters. The lowest BCUT2D eigenvalue weighted by Crippen LogP contribution is -2.45. The minimum Gasteiger partial charge on any atom is -0.380 e. The number of rotatable bonds is 2. The Labute approximate surface area is 122 Å². The molecule has 2 fully saturated rings. The molecule has 1 saturated carbocycles. The molecule has 1 aliphatic heterocycles. The monoisotopic (exact) mass is 299 g/mol. The second kappa shape index (κ2) is 5.87. The van der Waals surface area contributed by atoms with Crippen LogP contribution >= 0.6 is 0 Å². The maximum absolute atomic E-state index is 13.7. The maximum Gasteiger partial charge on any atom is 0.196 e. The quantitative estimate of drug-likeness (QED) is 0.817. The first kappa shape index (κ1) is 14.7. The lowest BCUT2D eigenvalue weighted by Gasteiger charge is -2.44. The van der Waals surface area contributed by atoms with Crippen LogP contribution in [0.25, 0.3) is 0 Å². The van der Waals surface area contributed by atoms with Gasteiger partial charge in [0.15, 0.2) is 17.5 Å². The van der Waals surface area contributed by atoms with E-state index in [1.807, 2.05) is 0 Å². The summed E-state index contributed by atoms with van der Waals surface area (Å²) in [4.78, 5) is 0. The number of hydrogen-bond acceptors (Lipinski definition) is 2. The zero-order valence-corrected chi connectivity index (χ0v) is 11.9. The predicted octanol–water partition coefficient (Wildman–Crippen LogP) is 4.40. The van der Waals surface area contributed by atoms with Gasteiger partial charge in [0.25, 0.3) is 0 Å². The van der Waals surface area contributed by atoms with Crippen molar-refractivity contribution in [2.24, 2.45) is 0 Å². The average Bonchev–Trinajstić information content (AvgIpc) is 2.49. The van der Waals surface area contributed by atoms with E-state index in [0.29, 0.717) is 6.61 Å². The second-order valence-electron chi connectivity index (χ2n) is 6.15. The second-order valence-corrected chi connectivity index (χ2v) is 6.15. The highest BCUT2D eigenvalue weighted by Crippen LogP contribution is 2.39. The molecule has 1 spiro atoms. The Kier molecular flexibility index (Phi) is 4.11. The lowest BCUT2D eigenvalue weighted by atomic mass is 9.78. The van der Waals surface area contributed by atoms with Crippen LogP contribution in [-0.4, -0.2) is 18.2 Å². The Hall–Kier alpha value is -1.23. The molecule has 5 heteroatoms. The third kappa shape index (κ3) is 3.03. The van der Waals surface area contributed by atoms with Crippen LogP contribution in [-0.2, 0) is 4.74 Å². The van der Waals surface area contributed by atoms with Crippen molar-refractivity contribution in [1.82, 2.24) is 0 Å². The van der Waals surface area contributed by atoms with Gasteiger partial charge in [0, 0.05) is 12.6 Å². The molecule has 0 aromatic heterocycles. The molecule has 0 bridgehead atoms. The first-order valence-corrected chi connectivity index (χ1v) is 7.64. The van der Waals surface area contributed by atoms with E-state index in [1.54, 1.807) is 0 Å². The van der Waals surface area contributed by atoms with Crippen molar-refractivity contribution >= 4 is 5.69 Å². The van der Waals surface area contributed by atoms with Crippen molar-refractivity contribution in [3.8, 4) is 0 Å². The fourth-order valence-electron chi connectivity index (χ4n) is 3.55. The van der Waals surface area contributed by atoms with Crippen LogP contribution in [0, 0.1) is 17.5 Å². The van der Waals surface area contributed by atoms with E-state index in [9.17, 15) is 13.2 Å². The highest BCUT2D eigenvalue weighted by molar-refractivity contribution is 5.46. The summed E-state index contributed by atoms with van der Waals surface area (Å²) in [7, 11) is 0. The van der Waals surface area contributed by atoms with Gasteiger partial charge in [0.2, 0.25) is 0 Å². The standard InChI is InChI=1S/C16H20F3NO/c17-12-4-5-13(15(19)14(12)18)20-11-6-9-21-16(10-11)7-2-1-3-8-16/h4-5,11,20H,1-3,6-10H2. The topological polar surface area (TPSA) is 21.3 Å². The summed E-state index contributed by atoms with van der Waals surface area (Å²) in [5, 5.41) is 3.03. The van der Waals surface area contributed by atoms with Gasteiger partial charge < -0.3 is 10.1 Å². The number of anilines is 1. The Balaban J connectivity index is 1.71. The van der Waals surface area contributed by atoms with E-state index >= 15 is 0 Å².